The number of amides is 1. The highest BCUT2D eigenvalue weighted by atomic mass is 35.5. The van der Waals surface area contributed by atoms with E-state index in [9.17, 15) is 9.59 Å². The van der Waals surface area contributed by atoms with E-state index in [1.165, 1.54) is 29.2 Å². The van der Waals surface area contributed by atoms with Crippen molar-refractivity contribution >= 4 is 51.7 Å². The smallest absolute Gasteiger partial charge is 0.331 e. The minimum absolute atomic E-state index is 0.0236. The maximum atomic E-state index is 12.1. The van der Waals surface area contributed by atoms with Crippen LogP contribution in [-0.2, 0) is 20.9 Å². The summed E-state index contributed by atoms with van der Waals surface area (Å²) in [6.07, 6.45) is 3.06. The molecule has 3 aromatic rings. The summed E-state index contributed by atoms with van der Waals surface area (Å²) in [5.74, 6) is -0.650. The lowest BCUT2D eigenvalue weighted by atomic mass is 10.2. The molecule has 1 aromatic heterocycles. The molecule has 0 spiro atoms. The summed E-state index contributed by atoms with van der Waals surface area (Å²) in [4.78, 5) is 29.9. The molecule has 0 aliphatic rings. The van der Waals surface area contributed by atoms with Gasteiger partial charge >= 0.3 is 5.97 Å². The molecule has 5 nitrogen and oxygen atoms in total. The zero-order valence-electron chi connectivity index (χ0n) is 15.0. The molecule has 0 saturated carbocycles. The lowest BCUT2D eigenvalue weighted by Crippen LogP contribution is -2.22. The number of rotatable bonds is 6. The van der Waals surface area contributed by atoms with Gasteiger partial charge in [0.15, 0.2) is 5.13 Å². The van der Waals surface area contributed by atoms with Crippen LogP contribution in [0.1, 0.15) is 18.2 Å². The SMILES string of the molecule is CC(=O)N(c1cccc(Cl)c1)c1nc(COC(=O)/C=C/c2ccccc2)cs1. The van der Waals surface area contributed by atoms with Crippen molar-refractivity contribution < 1.29 is 14.3 Å². The van der Waals surface area contributed by atoms with E-state index >= 15 is 0 Å². The van der Waals surface area contributed by atoms with Crippen molar-refractivity contribution in [3.8, 4) is 0 Å². The third-order valence-electron chi connectivity index (χ3n) is 3.69. The van der Waals surface area contributed by atoms with Gasteiger partial charge in [-0.05, 0) is 29.8 Å². The van der Waals surface area contributed by atoms with Crippen molar-refractivity contribution in [3.63, 3.8) is 0 Å². The number of benzene rings is 2. The minimum atomic E-state index is -0.461. The molecular formula is C21H17ClN2O3S. The first-order valence-corrected chi connectivity index (χ1v) is 9.69. The Bertz CT molecular complexity index is 1000. The zero-order valence-corrected chi connectivity index (χ0v) is 16.6. The lowest BCUT2D eigenvalue weighted by molar-refractivity contribution is -0.139. The lowest BCUT2D eigenvalue weighted by Gasteiger charge is -2.18. The van der Waals surface area contributed by atoms with Crippen molar-refractivity contribution in [2.24, 2.45) is 0 Å². The first-order valence-electron chi connectivity index (χ1n) is 8.43. The van der Waals surface area contributed by atoms with Crippen LogP contribution in [0.15, 0.2) is 66.1 Å². The van der Waals surface area contributed by atoms with Crippen molar-refractivity contribution in [3.05, 3.63) is 82.3 Å². The van der Waals surface area contributed by atoms with Crippen LogP contribution >= 0.6 is 22.9 Å². The summed E-state index contributed by atoms with van der Waals surface area (Å²) < 4.78 is 5.22. The van der Waals surface area contributed by atoms with Crippen molar-refractivity contribution in [2.45, 2.75) is 13.5 Å². The van der Waals surface area contributed by atoms with Gasteiger partial charge in [-0.25, -0.2) is 9.78 Å². The summed E-state index contributed by atoms with van der Waals surface area (Å²) in [7, 11) is 0. The number of ether oxygens (including phenoxy) is 1. The standard InChI is InChI=1S/C21H17ClN2O3S/c1-15(25)24(19-9-5-8-17(22)12-19)21-23-18(14-28-21)13-27-20(26)11-10-16-6-3-2-4-7-16/h2-12,14H,13H2,1H3/b11-10+. The quantitative estimate of drug-likeness (QED) is 0.410. The molecule has 142 valence electrons. The highest BCUT2D eigenvalue weighted by molar-refractivity contribution is 7.14. The average Bonchev–Trinajstić information content (AvgIpc) is 3.14. The van der Waals surface area contributed by atoms with E-state index in [4.69, 9.17) is 16.3 Å². The highest BCUT2D eigenvalue weighted by Gasteiger charge is 2.18. The summed E-state index contributed by atoms with van der Waals surface area (Å²) in [5, 5.41) is 2.77. The summed E-state index contributed by atoms with van der Waals surface area (Å²) in [6, 6.07) is 16.4. The van der Waals surface area contributed by atoms with E-state index in [0.717, 1.165) is 5.56 Å². The first kappa shape index (κ1) is 19.8. The molecule has 2 aromatic carbocycles. The molecule has 0 bridgehead atoms. The fourth-order valence-electron chi connectivity index (χ4n) is 2.43. The van der Waals surface area contributed by atoms with E-state index in [0.29, 0.717) is 21.5 Å². The van der Waals surface area contributed by atoms with Crippen molar-refractivity contribution in [1.29, 1.82) is 0 Å². The summed E-state index contributed by atoms with van der Waals surface area (Å²) in [5.41, 5.74) is 2.10. The fourth-order valence-corrected chi connectivity index (χ4v) is 3.49. The first-order chi connectivity index (χ1) is 13.5. The number of halogens is 1. The van der Waals surface area contributed by atoms with Crippen molar-refractivity contribution in [1.82, 2.24) is 4.98 Å². The van der Waals surface area contributed by atoms with Crippen molar-refractivity contribution in [2.75, 3.05) is 4.90 Å². The number of hydrogen-bond donors (Lipinski definition) is 0. The molecule has 0 aliphatic heterocycles. The maximum absolute atomic E-state index is 12.1. The number of carbonyl (C=O) groups excluding carboxylic acids is 2. The topological polar surface area (TPSA) is 59.5 Å². The van der Waals surface area contributed by atoms with Crippen LogP contribution in [0, 0.1) is 0 Å². The Balaban J connectivity index is 1.65. The van der Waals surface area contributed by atoms with Crippen LogP contribution in [0.4, 0.5) is 10.8 Å². The molecule has 0 fully saturated rings. The Labute approximate surface area is 171 Å². The van der Waals surface area contributed by atoms with Crippen LogP contribution in [0.3, 0.4) is 0 Å². The fraction of sp³-hybridized carbons (Fsp3) is 0.0952. The van der Waals surface area contributed by atoms with Crippen LogP contribution in [0.25, 0.3) is 6.08 Å². The van der Waals surface area contributed by atoms with Gasteiger partial charge < -0.3 is 4.74 Å². The molecule has 0 saturated heterocycles. The van der Waals surface area contributed by atoms with Crippen LogP contribution in [0.2, 0.25) is 5.02 Å². The van der Waals surface area contributed by atoms with E-state index in [1.54, 1.807) is 35.7 Å². The van der Waals surface area contributed by atoms with Gasteiger partial charge in [0, 0.05) is 23.4 Å². The van der Waals surface area contributed by atoms with E-state index in [2.05, 4.69) is 4.98 Å². The number of carbonyl (C=O) groups is 2. The van der Waals surface area contributed by atoms with Gasteiger partial charge in [0.25, 0.3) is 0 Å². The third kappa shape index (κ3) is 5.28. The number of anilines is 2. The van der Waals surface area contributed by atoms with Gasteiger partial charge in [0.1, 0.15) is 6.61 Å². The largest absolute Gasteiger partial charge is 0.456 e. The predicted octanol–water partition coefficient (Wildman–Crippen LogP) is 5.24. The van der Waals surface area contributed by atoms with Crippen LogP contribution < -0.4 is 4.90 Å². The van der Waals surface area contributed by atoms with Gasteiger partial charge in [0.2, 0.25) is 5.91 Å². The monoisotopic (exact) mass is 412 g/mol. The van der Waals surface area contributed by atoms with Gasteiger partial charge in [-0.15, -0.1) is 11.3 Å². The van der Waals surface area contributed by atoms with E-state index in [-0.39, 0.29) is 12.5 Å². The minimum Gasteiger partial charge on any atom is -0.456 e. The Morgan fingerprint density at radius 2 is 1.96 bits per heavy atom. The molecule has 1 heterocycles. The van der Waals surface area contributed by atoms with Gasteiger partial charge in [0.05, 0.1) is 11.4 Å². The Kier molecular flexibility index (Phi) is 6.57. The summed E-state index contributed by atoms with van der Waals surface area (Å²) >= 11 is 7.32. The number of thiazole rings is 1. The molecule has 0 radical (unpaired) electrons. The average molecular weight is 413 g/mol. The molecule has 0 atom stereocenters. The predicted molar refractivity (Wildman–Crippen MR) is 112 cm³/mol. The molecule has 0 unspecified atom stereocenters. The van der Waals surface area contributed by atoms with Crippen LogP contribution in [0.5, 0.6) is 0 Å². The highest BCUT2D eigenvalue weighted by Crippen LogP contribution is 2.30. The van der Waals surface area contributed by atoms with E-state index in [1.807, 2.05) is 30.3 Å². The number of aromatic nitrogens is 1. The molecule has 28 heavy (non-hydrogen) atoms. The Morgan fingerprint density at radius 3 is 2.68 bits per heavy atom. The van der Waals surface area contributed by atoms with Gasteiger partial charge in [-0.3, -0.25) is 9.69 Å². The normalized spacial score (nSPS) is 10.8. The molecule has 0 aliphatic carbocycles. The second-order valence-corrected chi connectivity index (χ2v) is 7.08. The number of esters is 1. The van der Waals surface area contributed by atoms with Crippen LogP contribution in [-0.4, -0.2) is 16.9 Å². The number of nitrogens with zero attached hydrogens (tertiary/aromatic N) is 2. The second-order valence-electron chi connectivity index (χ2n) is 5.81. The van der Waals surface area contributed by atoms with Gasteiger partial charge in [-0.2, -0.15) is 0 Å². The second kappa shape index (κ2) is 9.30. The summed E-state index contributed by atoms with van der Waals surface area (Å²) in [6.45, 7) is 1.48. The third-order valence-corrected chi connectivity index (χ3v) is 4.80. The molecule has 7 heteroatoms. The Hall–Kier alpha value is -2.96. The molecule has 3 rings (SSSR count). The maximum Gasteiger partial charge on any atom is 0.331 e. The zero-order chi connectivity index (χ0) is 19.9. The Morgan fingerprint density at radius 1 is 1.18 bits per heavy atom. The van der Waals surface area contributed by atoms with E-state index < -0.39 is 5.97 Å². The molecule has 1 amide bonds. The van der Waals surface area contributed by atoms with Gasteiger partial charge in [-0.1, -0.05) is 48.0 Å². The molecule has 0 N–H and O–H groups in total. The number of hydrogen-bond acceptors (Lipinski definition) is 5. The molecular weight excluding hydrogens is 396 g/mol.